The maximum atomic E-state index is 11.0. The van der Waals surface area contributed by atoms with E-state index >= 15 is 0 Å². The maximum Gasteiger partial charge on any atom is 0.233 e. The van der Waals surface area contributed by atoms with Crippen LogP contribution in [0.2, 0.25) is 0 Å². The van der Waals surface area contributed by atoms with Gasteiger partial charge < -0.3 is 15.7 Å². The van der Waals surface area contributed by atoms with Gasteiger partial charge in [0.2, 0.25) is 5.91 Å². The number of amides is 1. The van der Waals surface area contributed by atoms with Crippen LogP contribution in [-0.2, 0) is 4.79 Å². The molecular formula is C9H20N2O2. The van der Waals surface area contributed by atoms with E-state index in [4.69, 9.17) is 5.11 Å². The molecule has 0 fully saturated rings. The number of likely N-dealkylation sites (N-methyl/N-ethyl adjacent to an activating group) is 1. The average Bonchev–Trinajstić information content (AvgIpc) is 2.12. The quantitative estimate of drug-likeness (QED) is 0.521. The highest BCUT2D eigenvalue weighted by molar-refractivity contribution is 5.77. The predicted octanol–water partition coefficient (Wildman–Crippen LogP) is -0.127. The minimum absolute atomic E-state index is 0.0129. The smallest absolute Gasteiger partial charge is 0.233 e. The zero-order chi connectivity index (χ0) is 10.1. The van der Waals surface area contributed by atoms with Crippen molar-refractivity contribution in [3.8, 4) is 0 Å². The van der Waals surface area contributed by atoms with Gasteiger partial charge in [-0.2, -0.15) is 0 Å². The fraction of sp³-hybridized carbons (Fsp3) is 0.889. The van der Waals surface area contributed by atoms with Crippen molar-refractivity contribution >= 4 is 5.91 Å². The Morgan fingerprint density at radius 2 is 2.15 bits per heavy atom. The molecule has 0 spiro atoms. The SMILES string of the molecule is CCNC(=O)CNC(CC)CCO. The number of hydrogen-bond acceptors (Lipinski definition) is 3. The van der Waals surface area contributed by atoms with E-state index in [1.54, 1.807) is 0 Å². The second-order valence-corrected chi connectivity index (χ2v) is 2.95. The van der Waals surface area contributed by atoms with Crippen molar-refractivity contribution in [1.29, 1.82) is 0 Å². The fourth-order valence-corrected chi connectivity index (χ4v) is 1.10. The van der Waals surface area contributed by atoms with Crippen molar-refractivity contribution in [2.75, 3.05) is 19.7 Å². The second-order valence-electron chi connectivity index (χ2n) is 2.95. The first-order valence-electron chi connectivity index (χ1n) is 4.85. The Morgan fingerprint density at radius 1 is 1.46 bits per heavy atom. The lowest BCUT2D eigenvalue weighted by Crippen LogP contribution is -2.39. The molecular weight excluding hydrogens is 168 g/mol. The molecule has 4 nitrogen and oxygen atoms in total. The van der Waals surface area contributed by atoms with Gasteiger partial charge in [-0.15, -0.1) is 0 Å². The Kier molecular flexibility index (Phi) is 7.63. The van der Waals surface area contributed by atoms with Crippen LogP contribution in [0.4, 0.5) is 0 Å². The Bertz CT molecular complexity index is 140. The molecule has 3 N–H and O–H groups in total. The molecule has 0 rings (SSSR count). The Morgan fingerprint density at radius 3 is 2.62 bits per heavy atom. The van der Waals surface area contributed by atoms with E-state index in [1.807, 2.05) is 13.8 Å². The largest absolute Gasteiger partial charge is 0.396 e. The van der Waals surface area contributed by atoms with Gasteiger partial charge in [-0.3, -0.25) is 4.79 Å². The van der Waals surface area contributed by atoms with Gasteiger partial charge in [-0.1, -0.05) is 6.92 Å². The van der Waals surface area contributed by atoms with Gasteiger partial charge in [-0.25, -0.2) is 0 Å². The van der Waals surface area contributed by atoms with E-state index in [-0.39, 0.29) is 18.6 Å². The van der Waals surface area contributed by atoms with Crippen LogP contribution in [0.15, 0.2) is 0 Å². The Labute approximate surface area is 79.7 Å². The normalized spacial score (nSPS) is 12.5. The highest BCUT2D eigenvalue weighted by Crippen LogP contribution is 1.94. The summed E-state index contributed by atoms with van der Waals surface area (Å²) in [5.74, 6) is 0.0129. The molecule has 0 radical (unpaired) electrons. The molecule has 0 aromatic carbocycles. The van der Waals surface area contributed by atoms with Gasteiger partial charge in [0.05, 0.1) is 6.54 Å². The summed E-state index contributed by atoms with van der Waals surface area (Å²) >= 11 is 0. The minimum atomic E-state index is 0.0129. The first kappa shape index (κ1) is 12.4. The zero-order valence-corrected chi connectivity index (χ0v) is 8.47. The Balaban J connectivity index is 3.52. The number of aliphatic hydroxyl groups excluding tert-OH is 1. The van der Waals surface area contributed by atoms with Gasteiger partial charge in [0.15, 0.2) is 0 Å². The Hall–Kier alpha value is -0.610. The van der Waals surface area contributed by atoms with Crippen molar-refractivity contribution in [3.05, 3.63) is 0 Å². The summed E-state index contributed by atoms with van der Waals surface area (Å²) in [6, 6.07) is 0.243. The average molecular weight is 188 g/mol. The third-order valence-corrected chi connectivity index (χ3v) is 1.90. The summed E-state index contributed by atoms with van der Waals surface area (Å²) in [4.78, 5) is 11.0. The summed E-state index contributed by atoms with van der Waals surface area (Å²) in [6.07, 6.45) is 1.63. The molecule has 1 amide bonds. The molecule has 1 atom stereocenters. The van der Waals surface area contributed by atoms with Crippen molar-refractivity contribution < 1.29 is 9.90 Å². The van der Waals surface area contributed by atoms with Crippen LogP contribution in [0.1, 0.15) is 26.7 Å². The number of aliphatic hydroxyl groups is 1. The number of carbonyl (C=O) groups is 1. The van der Waals surface area contributed by atoms with E-state index in [2.05, 4.69) is 10.6 Å². The minimum Gasteiger partial charge on any atom is -0.396 e. The van der Waals surface area contributed by atoms with E-state index < -0.39 is 0 Å². The lowest BCUT2D eigenvalue weighted by Gasteiger charge is -2.14. The summed E-state index contributed by atoms with van der Waals surface area (Å²) in [6.45, 7) is 5.10. The van der Waals surface area contributed by atoms with Gasteiger partial charge in [-0.05, 0) is 19.8 Å². The molecule has 0 heterocycles. The van der Waals surface area contributed by atoms with E-state index in [1.165, 1.54) is 0 Å². The number of rotatable bonds is 7. The molecule has 4 heteroatoms. The molecule has 0 aromatic heterocycles. The van der Waals surface area contributed by atoms with Crippen molar-refractivity contribution in [1.82, 2.24) is 10.6 Å². The molecule has 0 aliphatic heterocycles. The standard InChI is InChI=1S/C9H20N2O2/c1-3-8(5-6-12)11-7-9(13)10-4-2/h8,11-12H,3-7H2,1-2H3,(H,10,13). The topological polar surface area (TPSA) is 61.4 Å². The number of carbonyl (C=O) groups excluding carboxylic acids is 1. The maximum absolute atomic E-state index is 11.0. The van der Waals surface area contributed by atoms with Gasteiger partial charge in [0.1, 0.15) is 0 Å². The molecule has 0 aliphatic rings. The summed E-state index contributed by atoms with van der Waals surface area (Å²) in [7, 11) is 0. The molecule has 13 heavy (non-hydrogen) atoms. The van der Waals surface area contributed by atoms with E-state index in [0.29, 0.717) is 19.5 Å². The van der Waals surface area contributed by atoms with Crippen LogP contribution < -0.4 is 10.6 Å². The summed E-state index contributed by atoms with van der Waals surface area (Å²) in [5, 5.41) is 14.5. The molecule has 0 aliphatic carbocycles. The molecule has 0 saturated carbocycles. The van der Waals surface area contributed by atoms with Gasteiger partial charge >= 0.3 is 0 Å². The monoisotopic (exact) mass is 188 g/mol. The first-order chi connectivity index (χ1) is 6.24. The highest BCUT2D eigenvalue weighted by Gasteiger charge is 2.06. The van der Waals surface area contributed by atoms with Gasteiger partial charge in [0, 0.05) is 19.2 Å². The van der Waals surface area contributed by atoms with Crippen molar-refractivity contribution in [2.45, 2.75) is 32.7 Å². The van der Waals surface area contributed by atoms with Crippen molar-refractivity contribution in [2.24, 2.45) is 0 Å². The lowest BCUT2D eigenvalue weighted by atomic mass is 10.1. The second kappa shape index (κ2) is 8.01. The van der Waals surface area contributed by atoms with Crippen LogP contribution in [0.5, 0.6) is 0 Å². The predicted molar refractivity (Wildman–Crippen MR) is 52.5 cm³/mol. The summed E-state index contributed by atoms with van der Waals surface area (Å²) in [5.41, 5.74) is 0. The highest BCUT2D eigenvalue weighted by atomic mass is 16.3. The van der Waals surface area contributed by atoms with Crippen molar-refractivity contribution in [3.63, 3.8) is 0 Å². The first-order valence-corrected chi connectivity index (χ1v) is 4.85. The van der Waals surface area contributed by atoms with E-state index in [9.17, 15) is 4.79 Å². The van der Waals surface area contributed by atoms with Crippen LogP contribution in [0.25, 0.3) is 0 Å². The molecule has 0 saturated heterocycles. The van der Waals surface area contributed by atoms with Crippen LogP contribution in [-0.4, -0.2) is 36.8 Å². The zero-order valence-electron chi connectivity index (χ0n) is 8.47. The fourth-order valence-electron chi connectivity index (χ4n) is 1.10. The molecule has 1 unspecified atom stereocenters. The van der Waals surface area contributed by atoms with Gasteiger partial charge in [0.25, 0.3) is 0 Å². The van der Waals surface area contributed by atoms with Crippen LogP contribution in [0, 0.1) is 0 Å². The summed E-state index contributed by atoms with van der Waals surface area (Å²) < 4.78 is 0. The lowest BCUT2D eigenvalue weighted by molar-refractivity contribution is -0.120. The molecule has 78 valence electrons. The number of hydrogen-bond donors (Lipinski definition) is 3. The van der Waals surface area contributed by atoms with Crippen LogP contribution >= 0.6 is 0 Å². The molecule has 0 aromatic rings. The third kappa shape index (κ3) is 6.54. The van der Waals surface area contributed by atoms with Crippen LogP contribution in [0.3, 0.4) is 0 Å². The number of nitrogens with one attached hydrogen (secondary N) is 2. The molecule has 0 bridgehead atoms. The van der Waals surface area contributed by atoms with E-state index in [0.717, 1.165) is 6.42 Å². The third-order valence-electron chi connectivity index (χ3n) is 1.90.